The van der Waals surface area contributed by atoms with Crippen LogP contribution in [0.5, 0.6) is 5.75 Å². The van der Waals surface area contributed by atoms with Crippen LogP contribution in [0.3, 0.4) is 0 Å². The lowest BCUT2D eigenvalue weighted by Gasteiger charge is -2.14. The topological polar surface area (TPSA) is 81.4 Å². The van der Waals surface area contributed by atoms with Crippen molar-refractivity contribution in [1.82, 2.24) is 4.72 Å². The van der Waals surface area contributed by atoms with Crippen molar-refractivity contribution in [3.05, 3.63) is 58.6 Å². The highest BCUT2D eigenvalue weighted by Crippen LogP contribution is 2.24. The van der Waals surface area contributed by atoms with Crippen LogP contribution in [0.15, 0.2) is 53.4 Å². The Morgan fingerprint density at radius 2 is 1.83 bits per heavy atom. The summed E-state index contributed by atoms with van der Waals surface area (Å²) in [5.74, 6) is 0.724. The second-order valence-corrected chi connectivity index (χ2v) is 7.72. The molecule has 0 aliphatic heterocycles. The standard InChI is InChI=1S/C16H18Cl2N2O3S/c17-12-6-7-16(15(18)10-12)24(21,22)20-9-8-13(19)11-23-14-4-2-1-3-5-14/h1-7,10,13,20H,8-9,11,19H2. The van der Waals surface area contributed by atoms with Crippen molar-refractivity contribution in [1.29, 1.82) is 0 Å². The van der Waals surface area contributed by atoms with Gasteiger partial charge in [0.05, 0.1) is 5.02 Å². The van der Waals surface area contributed by atoms with Crippen LogP contribution in [0.2, 0.25) is 10.0 Å². The van der Waals surface area contributed by atoms with Crippen molar-refractivity contribution < 1.29 is 13.2 Å². The fourth-order valence-electron chi connectivity index (χ4n) is 1.95. The van der Waals surface area contributed by atoms with E-state index in [0.29, 0.717) is 18.1 Å². The van der Waals surface area contributed by atoms with Gasteiger partial charge in [0.15, 0.2) is 0 Å². The first kappa shape index (κ1) is 19.0. The van der Waals surface area contributed by atoms with Crippen LogP contribution in [-0.4, -0.2) is 27.6 Å². The van der Waals surface area contributed by atoms with E-state index in [1.807, 2.05) is 30.3 Å². The molecule has 2 aromatic rings. The fourth-order valence-corrected chi connectivity index (χ4v) is 3.77. The Labute approximate surface area is 151 Å². The monoisotopic (exact) mass is 388 g/mol. The molecule has 3 N–H and O–H groups in total. The average molecular weight is 389 g/mol. The first-order valence-corrected chi connectivity index (χ1v) is 9.50. The van der Waals surface area contributed by atoms with Crippen LogP contribution in [0.4, 0.5) is 0 Å². The lowest BCUT2D eigenvalue weighted by molar-refractivity contribution is 0.282. The van der Waals surface area contributed by atoms with Crippen molar-refractivity contribution in [2.24, 2.45) is 5.73 Å². The molecular weight excluding hydrogens is 371 g/mol. The van der Waals surface area contributed by atoms with Crippen LogP contribution in [-0.2, 0) is 10.0 Å². The van der Waals surface area contributed by atoms with Crippen molar-refractivity contribution in [2.75, 3.05) is 13.2 Å². The lowest BCUT2D eigenvalue weighted by atomic mass is 10.2. The van der Waals surface area contributed by atoms with Gasteiger partial charge in [-0.05, 0) is 36.8 Å². The number of hydrogen-bond donors (Lipinski definition) is 2. The largest absolute Gasteiger partial charge is 0.492 e. The van der Waals surface area contributed by atoms with E-state index < -0.39 is 10.0 Å². The maximum absolute atomic E-state index is 12.2. The average Bonchev–Trinajstić information content (AvgIpc) is 2.53. The normalized spacial score (nSPS) is 12.8. The van der Waals surface area contributed by atoms with Crippen LogP contribution < -0.4 is 15.2 Å². The SMILES string of the molecule is NC(CCNS(=O)(=O)c1ccc(Cl)cc1Cl)COc1ccccc1. The Balaban J connectivity index is 1.82. The molecule has 8 heteroatoms. The highest BCUT2D eigenvalue weighted by Gasteiger charge is 2.18. The van der Waals surface area contributed by atoms with Gasteiger partial charge in [0, 0.05) is 17.6 Å². The highest BCUT2D eigenvalue weighted by molar-refractivity contribution is 7.89. The molecular formula is C16H18Cl2N2O3S. The number of hydrogen-bond acceptors (Lipinski definition) is 4. The van der Waals surface area contributed by atoms with E-state index in [0.717, 1.165) is 5.75 Å². The first-order valence-electron chi connectivity index (χ1n) is 7.26. The van der Waals surface area contributed by atoms with Gasteiger partial charge in [0.2, 0.25) is 10.0 Å². The summed E-state index contributed by atoms with van der Waals surface area (Å²) < 4.78 is 32.4. The second-order valence-electron chi connectivity index (χ2n) is 5.15. The Hall–Kier alpha value is -1.31. The summed E-state index contributed by atoms with van der Waals surface area (Å²) in [5.41, 5.74) is 5.94. The summed E-state index contributed by atoms with van der Waals surface area (Å²) in [6, 6.07) is 13.2. The van der Waals surface area contributed by atoms with Gasteiger partial charge in [-0.2, -0.15) is 0 Å². The van der Waals surface area contributed by atoms with E-state index in [1.165, 1.54) is 18.2 Å². The van der Waals surface area contributed by atoms with E-state index >= 15 is 0 Å². The molecule has 0 aliphatic carbocycles. The molecule has 2 rings (SSSR count). The molecule has 1 atom stereocenters. The van der Waals surface area contributed by atoms with Crippen molar-refractivity contribution in [3.63, 3.8) is 0 Å². The lowest BCUT2D eigenvalue weighted by Crippen LogP contribution is -2.34. The number of sulfonamides is 1. The molecule has 1 unspecified atom stereocenters. The molecule has 5 nitrogen and oxygen atoms in total. The van der Waals surface area contributed by atoms with Gasteiger partial charge in [-0.1, -0.05) is 41.4 Å². The molecule has 0 radical (unpaired) electrons. The Kier molecular flexibility index (Phi) is 6.89. The molecule has 0 bridgehead atoms. The molecule has 24 heavy (non-hydrogen) atoms. The fraction of sp³-hybridized carbons (Fsp3) is 0.250. The van der Waals surface area contributed by atoms with E-state index in [1.54, 1.807) is 0 Å². The van der Waals surface area contributed by atoms with E-state index in [-0.39, 0.29) is 22.5 Å². The maximum Gasteiger partial charge on any atom is 0.242 e. The zero-order valence-electron chi connectivity index (χ0n) is 12.8. The molecule has 0 aromatic heterocycles. The van der Waals surface area contributed by atoms with Gasteiger partial charge >= 0.3 is 0 Å². The van der Waals surface area contributed by atoms with Gasteiger partial charge < -0.3 is 10.5 Å². The summed E-state index contributed by atoms with van der Waals surface area (Å²) in [7, 11) is -3.71. The van der Waals surface area contributed by atoms with Gasteiger partial charge in [0.1, 0.15) is 17.3 Å². The zero-order valence-corrected chi connectivity index (χ0v) is 15.1. The number of rotatable bonds is 8. The van der Waals surface area contributed by atoms with Crippen LogP contribution in [0.1, 0.15) is 6.42 Å². The van der Waals surface area contributed by atoms with E-state index in [4.69, 9.17) is 33.7 Å². The number of halogens is 2. The van der Waals surface area contributed by atoms with Crippen LogP contribution in [0.25, 0.3) is 0 Å². The number of benzene rings is 2. The van der Waals surface area contributed by atoms with Crippen LogP contribution in [0, 0.1) is 0 Å². The van der Waals surface area contributed by atoms with Crippen molar-refractivity contribution in [2.45, 2.75) is 17.4 Å². The minimum atomic E-state index is -3.71. The predicted octanol–water partition coefficient (Wildman–Crippen LogP) is 3.07. The molecule has 0 saturated heterocycles. The van der Waals surface area contributed by atoms with Gasteiger partial charge in [-0.3, -0.25) is 0 Å². The summed E-state index contributed by atoms with van der Waals surface area (Å²) in [6.07, 6.45) is 0.428. The minimum Gasteiger partial charge on any atom is -0.492 e. The van der Waals surface area contributed by atoms with Crippen molar-refractivity contribution in [3.8, 4) is 5.75 Å². The zero-order chi connectivity index (χ0) is 17.6. The third kappa shape index (κ3) is 5.65. The summed E-state index contributed by atoms with van der Waals surface area (Å²) >= 11 is 11.7. The number of para-hydroxylation sites is 1. The molecule has 0 saturated carbocycles. The highest BCUT2D eigenvalue weighted by atomic mass is 35.5. The Morgan fingerprint density at radius 3 is 2.50 bits per heavy atom. The summed E-state index contributed by atoms with van der Waals surface area (Å²) in [4.78, 5) is -0.0114. The molecule has 0 heterocycles. The molecule has 0 aliphatic rings. The minimum absolute atomic E-state index is 0.0114. The molecule has 2 aromatic carbocycles. The molecule has 0 fully saturated rings. The van der Waals surface area contributed by atoms with E-state index in [2.05, 4.69) is 4.72 Å². The number of nitrogens with one attached hydrogen (secondary N) is 1. The second kappa shape index (κ2) is 8.69. The van der Waals surface area contributed by atoms with Gasteiger partial charge in [-0.15, -0.1) is 0 Å². The van der Waals surface area contributed by atoms with Gasteiger partial charge in [-0.25, -0.2) is 13.1 Å². The number of nitrogens with two attached hydrogens (primary N) is 1. The third-order valence-electron chi connectivity index (χ3n) is 3.20. The number of ether oxygens (including phenoxy) is 1. The Bertz CT molecular complexity index is 770. The Morgan fingerprint density at radius 1 is 1.12 bits per heavy atom. The third-order valence-corrected chi connectivity index (χ3v) is 5.38. The maximum atomic E-state index is 12.2. The van der Waals surface area contributed by atoms with Gasteiger partial charge in [0.25, 0.3) is 0 Å². The summed E-state index contributed by atoms with van der Waals surface area (Å²) in [6.45, 7) is 0.480. The predicted molar refractivity (Wildman–Crippen MR) is 96.2 cm³/mol. The molecule has 0 spiro atoms. The van der Waals surface area contributed by atoms with Crippen molar-refractivity contribution >= 4 is 33.2 Å². The first-order chi connectivity index (χ1) is 11.4. The summed E-state index contributed by atoms with van der Waals surface area (Å²) in [5, 5.41) is 0.450. The van der Waals surface area contributed by atoms with E-state index in [9.17, 15) is 8.42 Å². The van der Waals surface area contributed by atoms with Crippen LogP contribution >= 0.6 is 23.2 Å². The molecule has 130 valence electrons. The molecule has 0 amide bonds. The smallest absolute Gasteiger partial charge is 0.242 e. The quantitative estimate of drug-likeness (QED) is 0.727.